The number of hydrogen-bond donors (Lipinski definition) is 1. The number of benzene rings is 1. The maximum Gasteiger partial charge on any atom is 0.161 e. The van der Waals surface area contributed by atoms with Gasteiger partial charge in [-0.1, -0.05) is 6.07 Å². The number of ether oxygens (including phenoxy) is 2. The van der Waals surface area contributed by atoms with Crippen LogP contribution >= 0.6 is 0 Å². The molecule has 0 saturated heterocycles. The van der Waals surface area contributed by atoms with Gasteiger partial charge in [0.15, 0.2) is 11.5 Å². The molecule has 0 unspecified atom stereocenters. The molecule has 0 saturated carbocycles. The first-order valence-corrected chi connectivity index (χ1v) is 6.84. The summed E-state index contributed by atoms with van der Waals surface area (Å²) in [5, 5.41) is 3.17. The molecule has 0 aromatic heterocycles. The van der Waals surface area contributed by atoms with Crippen LogP contribution in [0, 0.1) is 0 Å². The van der Waals surface area contributed by atoms with Crippen LogP contribution in [0.4, 0.5) is 0 Å². The smallest absolute Gasteiger partial charge is 0.161 e. The largest absolute Gasteiger partial charge is 0.490 e. The molecule has 3 heteroatoms. The van der Waals surface area contributed by atoms with Crippen LogP contribution in [0.15, 0.2) is 18.2 Å². The van der Waals surface area contributed by atoms with Crippen LogP contribution < -0.4 is 14.8 Å². The van der Waals surface area contributed by atoms with E-state index in [-0.39, 0.29) is 0 Å². The lowest BCUT2D eigenvalue weighted by Gasteiger charge is -2.12. The van der Waals surface area contributed by atoms with Crippen LogP contribution in [0.25, 0.3) is 0 Å². The van der Waals surface area contributed by atoms with Crippen molar-refractivity contribution in [2.24, 2.45) is 0 Å². The Bertz CT molecular complexity index is 339. The fourth-order valence-corrected chi connectivity index (χ4v) is 1.88. The minimum atomic E-state index is 0.668. The van der Waals surface area contributed by atoms with Crippen LogP contribution in [0.1, 0.15) is 32.3 Å². The Labute approximate surface area is 110 Å². The summed E-state index contributed by atoms with van der Waals surface area (Å²) in [6.45, 7) is 6.40. The average molecular weight is 251 g/mol. The van der Waals surface area contributed by atoms with Crippen LogP contribution in [-0.4, -0.2) is 26.8 Å². The minimum absolute atomic E-state index is 0.668. The van der Waals surface area contributed by atoms with E-state index in [1.54, 1.807) is 0 Å². The van der Waals surface area contributed by atoms with Crippen LogP contribution in [-0.2, 0) is 6.42 Å². The van der Waals surface area contributed by atoms with E-state index in [0.717, 1.165) is 24.5 Å². The van der Waals surface area contributed by atoms with Crippen LogP contribution in [0.5, 0.6) is 11.5 Å². The Morgan fingerprint density at radius 3 is 2.39 bits per heavy atom. The quantitative estimate of drug-likeness (QED) is 0.684. The lowest BCUT2D eigenvalue weighted by Crippen LogP contribution is -2.07. The van der Waals surface area contributed by atoms with E-state index >= 15 is 0 Å². The van der Waals surface area contributed by atoms with E-state index in [0.29, 0.717) is 13.2 Å². The highest BCUT2D eigenvalue weighted by Crippen LogP contribution is 2.29. The maximum atomic E-state index is 5.62. The first kappa shape index (κ1) is 14.8. The monoisotopic (exact) mass is 251 g/mol. The van der Waals surface area contributed by atoms with Crippen molar-refractivity contribution in [3.8, 4) is 11.5 Å². The van der Waals surface area contributed by atoms with Gasteiger partial charge in [-0.3, -0.25) is 0 Å². The molecule has 3 nitrogen and oxygen atoms in total. The lowest BCUT2D eigenvalue weighted by atomic mass is 10.1. The van der Waals surface area contributed by atoms with Crippen molar-refractivity contribution in [3.05, 3.63) is 23.8 Å². The van der Waals surface area contributed by atoms with Gasteiger partial charge in [-0.15, -0.1) is 0 Å². The van der Waals surface area contributed by atoms with E-state index in [2.05, 4.69) is 17.4 Å². The van der Waals surface area contributed by atoms with E-state index in [4.69, 9.17) is 9.47 Å². The first-order chi connectivity index (χ1) is 8.81. The van der Waals surface area contributed by atoms with E-state index in [1.807, 2.05) is 27.0 Å². The Hall–Kier alpha value is -1.22. The Balaban J connectivity index is 2.61. The van der Waals surface area contributed by atoms with Crippen molar-refractivity contribution < 1.29 is 9.47 Å². The third-order valence-corrected chi connectivity index (χ3v) is 2.75. The zero-order chi connectivity index (χ0) is 13.2. The maximum absolute atomic E-state index is 5.62. The van der Waals surface area contributed by atoms with Gasteiger partial charge in [0.25, 0.3) is 0 Å². The van der Waals surface area contributed by atoms with Gasteiger partial charge in [0.1, 0.15) is 0 Å². The average Bonchev–Trinajstić information content (AvgIpc) is 2.38. The molecule has 1 N–H and O–H groups in total. The molecular weight excluding hydrogens is 226 g/mol. The lowest BCUT2D eigenvalue weighted by molar-refractivity contribution is 0.287. The number of aryl methyl sites for hydroxylation is 1. The molecule has 0 spiro atoms. The van der Waals surface area contributed by atoms with Crippen molar-refractivity contribution in [2.45, 2.75) is 33.1 Å². The topological polar surface area (TPSA) is 30.5 Å². The zero-order valence-electron chi connectivity index (χ0n) is 11.8. The third-order valence-electron chi connectivity index (χ3n) is 2.75. The summed E-state index contributed by atoms with van der Waals surface area (Å²) in [6, 6.07) is 6.25. The van der Waals surface area contributed by atoms with Crippen molar-refractivity contribution in [1.29, 1.82) is 0 Å². The fourth-order valence-electron chi connectivity index (χ4n) is 1.88. The molecular formula is C15H25NO2. The summed E-state index contributed by atoms with van der Waals surface area (Å²) in [6.07, 6.45) is 3.49. The molecule has 0 bridgehead atoms. The molecule has 0 radical (unpaired) electrons. The van der Waals surface area contributed by atoms with Gasteiger partial charge >= 0.3 is 0 Å². The third kappa shape index (κ3) is 4.96. The van der Waals surface area contributed by atoms with Gasteiger partial charge in [0, 0.05) is 0 Å². The van der Waals surface area contributed by atoms with E-state index < -0.39 is 0 Å². The molecule has 0 aliphatic carbocycles. The first-order valence-electron chi connectivity index (χ1n) is 6.84. The highest BCUT2D eigenvalue weighted by Gasteiger charge is 2.05. The Kier molecular flexibility index (Phi) is 7.26. The summed E-state index contributed by atoms with van der Waals surface area (Å²) in [5.41, 5.74) is 1.32. The summed E-state index contributed by atoms with van der Waals surface area (Å²) < 4.78 is 11.2. The second-order valence-corrected chi connectivity index (χ2v) is 4.21. The van der Waals surface area contributed by atoms with Crippen LogP contribution in [0.3, 0.4) is 0 Å². The molecule has 1 aromatic rings. The molecule has 0 aliphatic rings. The standard InChI is InChI=1S/C15H25NO2/c1-4-17-14-10-9-13(8-6-7-11-16-3)12-15(14)18-5-2/h9-10,12,16H,4-8,11H2,1-3H3. The summed E-state index contributed by atoms with van der Waals surface area (Å²) in [5.74, 6) is 1.71. The van der Waals surface area contributed by atoms with Gasteiger partial charge in [-0.2, -0.15) is 0 Å². The Morgan fingerprint density at radius 2 is 1.72 bits per heavy atom. The van der Waals surface area contributed by atoms with Crippen molar-refractivity contribution >= 4 is 0 Å². The normalized spacial score (nSPS) is 10.4. The van der Waals surface area contributed by atoms with Crippen molar-refractivity contribution in [2.75, 3.05) is 26.8 Å². The second-order valence-electron chi connectivity index (χ2n) is 4.21. The predicted molar refractivity (Wildman–Crippen MR) is 75.6 cm³/mol. The summed E-state index contributed by atoms with van der Waals surface area (Å²) in [4.78, 5) is 0. The summed E-state index contributed by atoms with van der Waals surface area (Å²) in [7, 11) is 1.99. The van der Waals surface area contributed by atoms with Gasteiger partial charge in [-0.25, -0.2) is 0 Å². The molecule has 18 heavy (non-hydrogen) atoms. The van der Waals surface area contributed by atoms with E-state index in [9.17, 15) is 0 Å². The molecule has 1 aromatic carbocycles. The number of hydrogen-bond acceptors (Lipinski definition) is 3. The number of unbranched alkanes of at least 4 members (excludes halogenated alkanes) is 1. The highest BCUT2D eigenvalue weighted by atomic mass is 16.5. The molecule has 0 aliphatic heterocycles. The molecule has 0 atom stereocenters. The highest BCUT2D eigenvalue weighted by molar-refractivity contribution is 5.43. The number of nitrogens with one attached hydrogen (secondary N) is 1. The molecule has 0 amide bonds. The van der Waals surface area contributed by atoms with Gasteiger partial charge in [0.05, 0.1) is 13.2 Å². The van der Waals surface area contributed by atoms with E-state index in [1.165, 1.54) is 18.4 Å². The minimum Gasteiger partial charge on any atom is -0.490 e. The van der Waals surface area contributed by atoms with Crippen molar-refractivity contribution in [1.82, 2.24) is 5.32 Å². The van der Waals surface area contributed by atoms with Gasteiger partial charge < -0.3 is 14.8 Å². The Morgan fingerprint density at radius 1 is 1.00 bits per heavy atom. The summed E-state index contributed by atoms with van der Waals surface area (Å²) >= 11 is 0. The molecule has 1 rings (SSSR count). The van der Waals surface area contributed by atoms with Gasteiger partial charge in [0.2, 0.25) is 0 Å². The fraction of sp³-hybridized carbons (Fsp3) is 0.600. The van der Waals surface area contributed by atoms with Crippen LogP contribution in [0.2, 0.25) is 0 Å². The van der Waals surface area contributed by atoms with Crippen molar-refractivity contribution in [3.63, 3.8) is 0 Å². The molecule has 102 valence electrons. The predicted octanol–water partition coefficient (Wildman–Crippen LogP) is 3.03. The van der Waals surface area contributed by atoms with Gasteiger partial charge in [-0.05, 0) is 64.4 Å². The molecule has 0 heterocycles. The number of rotatable bonds is 9. The SMILES string of the molecule is CCOc1ccc(CCCCNC)cc1OCC. The second kappa shape index (κ2) is 8.81. The zero-order valence-corrected chi connectivity index (χ0v) is 11.8. The molecule has 0 fully saturated rings.